The van der Waals surface area contributed by atoms with Gasteiger partial charge >= 0.3 is 6.09 Å². The van der Waals surface area contributed by atoms with Crippen LogP contribution in [0.25, 0.3) is 16.5 Å². The molecule has 0 bridgehead atoms. The van der Waals surface area contributed by atoms with Gasteiger partial charge in [0.2, 0.25) is 11.8 Å². The monoisotopic (exact) mass is 453 g/mol. The van der Waals surface area contributed by atoms with E-state index in [4.69, 9.17) is 4.74 Å². The van der Waals surface area contributed by atoms with Crippen LogP contribution in [0.5, 0.6) is 0 Å². The van der Waals surface area contributed by atoms with Gasteiger partial charge in [-0.05, 0) is 69.9 Å². The van der Waals surface area contributed by atoms with Gasteiger partial charge in [0.15, 0.2) is 0 Å². The third-order valence-corrected chi connectivity index (χ3v) is 5.78. The number of rotatable bonds is 2. The normalized spacial score (nSPS) is 18.9. The van der Waals surface area contributed by atoms with Crippen molar-refractivity contribution in [2.45, 2.75) is 72.4 Å². The highest BCUT2D eigenvalue weighted by Gasteiger charge is 2.30. The molecule has 1 atom stereocenters. The molecule has 1 saturated heterocycles. The molecule has 2 aromatic rings. The number of piperidine rings is 1. The Kier molecular flexibility index (Phi) is 7.30. The van der Waals surface area contributed by atoms with Gasteiger partial charge in [0.25, 0.3) is 0 Å². The second-order valence-electron chi connectivity index (χ2n) is 9.30. The Morgan fingerprint density at radius 2 is 1.85 bits per heavy atom. The van der Waals surface area contributed by atoms with E-state index in [1.165, 1.54) is 5.57 Å². The molecule has 178 valence electrons. The van der Waals surface area contributed by atoms with Gasteiger partial charge in [-0.25, -0.2) is 4.79 Å². The van der Waals surface area contributed by atoms with Gasteiger partial charge in [-0.2, -0.15) is 0 Å². The zero-order chi connectivity index (χ0) is 24.3. The number of aryl methyl sites for hydroxylation is 1. The number of carbonyl (C=O) groups is 3. The summed E-state index contributed by atoms with van der Waals surface area (Å²) < 4.78 is 7.49. The first-order valence-corrected chi connectivity index (χ1v) is 11.7. The van der Waals surface area contributed by atoms with Crippen LogP contribution in [-0.2, 0) is 14.3 Å². The van der Waals surface area contributed by atoms with E-state index in [0.29, 0.717) is 25.9 Å². The van der Waals surface area contributed by atoms with Crippen molar-refractivity contribution in [1.82, 2.24) is 14.8 Å². The van der Waals surface area contributed by atoms with Crippen LogP contribution in [0, 0.1) is 6.92 Å². The number of hydrogen-bond acceptors (Lipinski definition) is 4. The Morgan fingerprint density at radius 1 is 1.12 bits per heavy atom. The second kappa shape index (κ2) is 9.81. The molecule has 1 aromatic heterocycles. The molecule has 1 N–H and O–H groups in total. The third kappa shape index (κ3) is 5.46. The summed E-state index contributed by atoms with van der Waals surface area (Å²) in [4.78, 5) is 37.9. The fourth-order valence-electron chi connectivity index (χ4n) is 4.34. The number of hydrogen-bond donors (Lipinski definition) is 1. The summed E-state index contributed by atoms with van der Waals surface area (Å²) in [6.07, 6.45) is 3.43. The van der Waals surface area contributed by atoms with E-state index in [-0.39, 0.29) is 23.9 Å². The van der Waals surface area contributed by atoms with E-state index in [0.717, 1.165) is 28.6 Å². The topological polar surface area (TPSA) is 80.6 Å². The van der Waals surface area contributed by atoms with Crippen LogP contribution in [0.15, 0.2) is 30.3 Å². The van der Waals surface area contributed by atoms with Crippen LogP contribution in [-0.4, -0.2) is 46.1 Å². The fraction of sp³-hybridized carbons (Fsp3) is 0.500. The number of fused-ring (bicyclic) bond motifs is 1. The highest BCUT2D eigenvalue weighted by Crippen LogP contribution is 2.32. The molecule has 3 amide bonds. The number of benzene rings is 1. The molecule has 3 heterocycles. The minimum atomic E-state index is -0.500. The average molecular weight is 454 g/mol. The summed E-state index contributed by atoms with van der Waals surface area (Å²) in [6.45, 7) is 12.7. The number of nitrogens with one attached hydrogen (secondary N) is 1. The summed E-state index contributed by atoms with van der Waals surface area (Å²) in [5, 5.41) is 3.51. The summed E-state index contributed by atoms with van der Waals surface area (Å²) >= 11 is 0. The van der Waals surface area contributed by atoms with Gasteiger partial charge in [0.05, 0.1) is 0 Å². The molecule has 0 radical (unpaired) electrons. The molecular formula is C26H35N3O4. The fourth-order valence-corrected chi connectivity index (χ4v) is 4.34. The van der Waals surface area contributed by atoms with Gasteiger partial charge in [0, 0.05) is 36.1 Å². The number of nitrogens with zero attached hydrogens (tertiary/aromatic N) is 2. The number of ether oxygens (including phenoxy) is 1. The van der Waals surface area contributed by atoms with Crippen LogP contribution in [0.2, 0.25) is 0 Å². The summed E-state index contributed by atoms with van der Waals surface area (Å²) in [6, 6.07) is 7.97. The van der Waals surface area contributed by atoms with Crippen molar-refractivity contribution in [1.29, 1.82) is 0 Å². The minimum Gasteiger partial charge on any atom is -0.444 e. The maximum absolute atomic E-state index is 12.4. The van der Waals surface area contributed by atoms with Crippen LogP contribution in [0.1, 0.15) is 71.2 Å². The third-order valence-electron chi connectivity index (χ3n) is 5.78. The van der Waals surface area contributed by atoms with Crippen molar-refractivity contribution < 1.29 is 19.1 Å². The van der Waals surface area contributed by atoms with Gasteiger partial charge in [-0.15, -0.1) is 0 Å². The lowest BCUT2D eigenvalue weighted by Gasteiger charge is -2.29. The van der Waals surface area contributed by atoms with Gasteiger partial charge < -0.3 is 14.2 Å². The SMILES string of the molecule is CC.Cc1cc2cc(C3=CCN(C(=O)OC(C)(C)C)CC3)ccc2n1C1CCC(=O)NC1=O. The molecule has 1 aromatic carbocycles. The number of aromatic nitrogens is 1. The zero-order valence-electron chi connectivity index (χ0n) is 20.5. The Bertz CT molecular complexity index is 1090. The highest BCUT2D eigenvalue weighted by atomic mass is 16.6. The molecule has 0 aliphatic carbocycles. The van der Waals surface area contributed by atoms with Crippen LogP contribution in [0.3, 0.4) is 0 Å². The van der Waals surface area contributed by atoms with Gasteiger partial charge in [-0.3, -0.25) is 14.9 Å². The first-order chi connectivity index (χ1) is 15.6. The number of amides is 3. The Balaban J connectivity index is 0.00000149. The maximum Gasteiger partial charge on any atom is 0.410 e. The lowest BCUT2D eigenvalue weighted by atomic mass is 9.98. The van der Waals surface area contributed by atoms with Crippen LogP contribution >= 0.6 is 0 Å². The smallest absolute Gasteiger partial charge is 0.410 e. The molecular weight excluding hydrogens is 418 g/mol. The van der Waals surface area contributed by atoms with Crippen molar-refractivity contribution in [3.63, 3.8) is 0 Å². The number of imide groups is 1. The Morgan fingerprint density at radius 3 is 2.45 bits per heavy atom. The Hall–Kier alpha value is -3.09. The number of carbonyl (C=O) groups excluding carboxylic acids is 3. The zero-order valence-corrected chi connectivity index (χ0v) is 20.5. The van der Waals surface area contributed by atoms with Gasteiger partial charge in [0.1, 0.15) is 11.6 Å². The van der Waals surface area contributed by atoms with E-state index < -0.39 is 5.60 Å². The molecule has 33 heavy (non-hydrogen) atoms. The van der Waals surface area contributed by atoms with Crippen LogP contribution in [0.4, 0.5) is 4.79 Å². The quantitative estimate of drug-likeness (QED) is 0.651. The highest BCUT2D eigenvalue weighted by molar-refractivity contribution is 6.00. The van der Waals surface area contributed by atoms with Crippen molar-refractivity contribution >= 4 is 34.4 Å². The first-order valence-electron chi connectivity index (χ1n) is 11.7. The molecule has 2 aliphatic rings. The van der Waals surface area contributed by atoms with E-state index in [2.05, 4.69) is 29.6 Å². The van der Waals surface area contributed by atoms with Gasteiger partial charge in [-0.1, -0.05) is 26.0 Å². The molecule has 1 fully saturated rings. The molecule has 4 rings (SSSR count). The lowest BCUT2D eigenvalue weighted by Crippen LogP contribution is -2.41. The summed E-state index contributed by atoms with van der Waals surface area (Å²) in [7, 11) is 0. The first kappa shape index (κ1) is 24.6. The maximum atomic E-state index is 12.4. The lowest BCUT2D eigenvalue weighted by molar-refractivity contribution is -0.135. The summed E-state index contributed by atoms with van der Waals surface area (Å²) in [5.41, 5.74) is 3.81. The standard InChI is InChI=1S/C24H29N3O4.C2H6/c1-15-13-18-14-17(16-9-11-26(12-10-16)23(30)31-24(2,3)4)5-6-19(18)27(15)20-7-8-21(28)25-22(20)29;1-2/h5-6,9,13-14,20H,7-8,10-12H2,1-4H3,(H,25,28,29);1-2H3. The van der Waals surface area contributed by atoms with Crippen molar-refractivity contribution in [2.24, 2.45) is 0 Å². The average Bonchev–Trinajstić information content (AvgIpc) is 3.09. The Labute approximate surface area is 195 Å². The van der Waals surface area contributed by atoms with E-state index in [1.54, 1.807) is 4.90 Å². The van der Waals surface area contributed by atoms with E-state index in [9.17, 15) is 14.4 Å². The molecule has 7 heteroatoms. The molecule has 2 aliphatic heterocycles. The minimum absolute atomic E-state index is 0.206. The van der Waals surface area contributed by atoms with Crippen molar-refractivity contribution in [3.05, 3.63) is 41.6 Å². The van der Waals surface area contributed by atoms with Crippen molar-refractivity contribution in [3.8, 4) is 0 Å². The largest absolute Gasteiger partial charge is 0.444 e. The predicted octanol–water partition coefficient (Wildman–Crippen LogP) is 4.98. The molecule has 0 spiro atoms. The predicted molar refractivity (Wildman–Crippen MR) is 130 cm³/mol. The van der Waals surface area contributed by atoms with E-state index in [1.807, 2.05) is 52.2 Å². The molecule has 7 nitrogen and oxygen atoms in total. The van der Waals surface area contributed by atoms with Crippen molar-refractivity contribution in [2.75, 3.05) is 13.1 Å². The molecule has 1 unspecified atom stereocenters. The molecule has 0 saturated carbocycles. The van der Waals surface area contributed by atoms with E-state index >= 15 is 0 Å². The second-order valence-corrected chi connectivity index (χ2v) is 9.30. The summed E-state index contributed by atoms with van der Waals surface area (Å²) in [5.74, 6) is -0.444. The van der Waals surface area contributed by atoms with Crippen LogP contribution < -0.4 is 5.32 Å².